The molecule has 4 aliphatic rings. The Bertz CT molecular complexity index is 613. The van der Waals surface area contributed by atoms with E-state index in [4.69, 9.17) is 4.74 Å². The van der Waals surface area contributed by atoms with E-state index < -0.39 is 0 Å². The number of Topliss-reactive ketones (excluding diaryl/α,β-unsaturated/α-hetero) is 2. The number of hydrogen-bond acceptors (Lipinski definition) is 4. The van der Waals surface area contributed by atoms with Gasteiger partial charge >= 0.3 is 0 Å². The molecule has 3 unspecified atom stereocenters. The lowest BCUT2D eigenvalue weighted by Crippen LogP contribution is -2.46. The van der Waals surface area contributed by atoms with Crippen molar-refractivity contribution in [2.45, 2.75) is 70.3 Å². The van der Waals surface area contributed by atoms with Crippen LogP contribution in [0.1, 0.15) is 64.2 Å². The molecule has 124 valence electrons. The fourth-order valence-electron chi connectivity index (χ4n) is 4.88. The molecule has 0 radical (unpaired) electrons. The maximum atomic E-state index is 12.7. The third-order valence-corrected chi connectivity index (χ3v) is 5.91. The van der Waals surface area contributed by atoms with Gasteiger partial charge in [-0.3, -0.25) is 9.59 Å². The van der Waals surface area contributed by atoms with Gasteiger partial charge in [-0.05, 0) is 44.1 Å². The zero-order valence-corrected chi connectivity index (χ0v) is 13.5. The molecule has 1 heterocycles. The number of ketones is 2. The molecule has 4 heteroatoms. The zero-order chi connectivity index (χ0) is 16.0. The number of carbonyl (C=O) groups is 2. The van der Waals surface area contributed by atoms with Crippen molar-refractivity contribution >= 4 is 11.6 Å². The van der Waals surface area contributed by atoms with Crippen LogP contribution in [0.15, 0.2) is 22.7 Å². The first-order valence-electron chi connectivity index (χ1n) is 9.03. The molecule has 23 heavy (non-hydrogen) atoms. The van der Waals surface area contributed by atoms with Crippen LogP contribution in [0.3, 0.4) is 0 Å². The Balaban J connectivity index is 1.84. The number of hydrogen-bond donors (Lipinski definition) is 1. The second-order valence-electron chi connectivity index (χ2n) is 7.31. The summed E-state index contributed by atoms with van der Waals surface area (Å²) in [5, 5.41) is 10.4. The molecule has 0 spiro atoms. The normalized spacial score (nSPS) is 34.9. The maximum Gasteiger partial charge on any atom is 0.162 e. The summed E-state index contributed by atoms with van der Waals surface area (Å²) < 4.78 is 6.20. The summed E-state index contributed by atoms with van der Waals surface area (Å²) in [6, 6.07) is 0. The van der Waals surface area contributed by atoms with Crippen LogP contribution >= 0.6 is 0 Å². The highest BCUT2D eigenvalue weighted by Gasteiger charge is 2.49. The van der Waals surface area contributed by atoms with Crippen LogP contribution in [0.4, 0.5) is 0 Å². The minimum atomic E-state index is -0.264. The molecule has 0 saturated heterocycles. The van der Waals surface area contributed by atoms with Gasteiger partial charge in [0.05, 0.1) is 17.4 Å². The fraction of sp³-hybridized carbons (Fsp3) is 0.684. The Hall–Kier alpha value is -1.58. The van der Waals surface area contributed by atoms with E-state index in [0.717, 1.165) is 49.9 Å². The van der Waals surface area contributed by atoms with Crippen molar-refractivity contribution in [3.8, 4) is 0 Å². The summed E-state index contributed by atoms with van der Waals surface area (Å²) in [6.07, 6.45) is 7.97. The fourth-order valence-corrected chi connectivity index (χ4v) is 4.88. The first-order chi connectivity index (χ1) is 11.2. The molecule has 4 nitrogen and oxygen atoms in total. The first-order valence-corrected chi connectivity index (χ1v) is 9.03. The number of rotatable bonds is 1. The van der Waals surface area contributed by atoms with Gasteiger partial charge in [-0.1, -0.05) is 0 Å². The molecule has 0 aromatic rings. The van der Waals surface area contributed by atoms with E-state index >= 15 is 0 Å². The molecular formula is C19H24O4. The largest absolute Gasteiger partial charge is 0.512 e. The third-order valence-electron chi connectivity index (χ3n) is 5.91. The monoisotopic (exact) mass is 316 g/mol. The van der Waals surface area contributed by atoms with Gasteiger partial charge in [0.15, 0.2) is 5.78 Å². The number of carbonyl (C=O) groups excluding carboxylic acids is 2. The molecule has 4 rings (SSSR count). The predicted molar refractivity (Wildman–Crippen MR) is 84.7 cm³/mol. The second-order valence-corrected chi connectivity index (χ2v) is 7.31. The van der Waals surface area contributed by atoms with E-state index in [2.05, 4.69) is 0 Å². The molecule has 3 aliphatic carbocycles. The van der Waals surface area contributed by atoms with Gasteiger partial charge < -0.3 is 9.84 Å². The number of fused-ring (bicyclic) bond motifs is 1. The van der Waals surface area contributed by atoms with Gasteiger partial charge in [-0.15, -0.1) is 0 Å². The van der Waals surface area contributed by atoms with Crippen LogP contribution in [0.2, 0.25) is 0 Å². The van der Waals surface area contributed by atoms with Crippen LogP contribution < -0.4 is 0 Å². The van der Waals surface area contributed by atoms with Crippen molar-refractivity contribution in [2.24, 2.45) is 11.8 Å². The summed E-state index contributed by atoms with van der Waals surface area (Å²) in [4.78, 5) is 25.2. The van der Waals surface area contributed by atoms with Gasteiger partial charge in [0.25, 0.3) is 0 Å². The van der Waals surface area contributed by atoms with Crippen LogP contribution in [-0.2, 0) is 14.3 Å². The van der Waals surface area contributed by atoms with E-state index in [1.165, 1.54) is 0 Å². The van der Waals surface area contributed by atoms with Crippen molar-refractivity contribution < 1.29 is 19.4 Å². The Morgan fingerprint density at radius 1 is 0.913 bits per heavy atom. The lowest BCUT2D eigenvalue weighted by Gasteiger charge is -2.45. The Morgan fingerprint density at radius 2 is 1.74 bits per heavy atom. The molecule has 0 amide bonds. The second kappa shape index (κ2) is 5.81. The van der Waals surface area contributed by atoms with Gasteiger partial charge in [0.2, 0.25) is 0 Å². The van der Waals surface area contributed by atoms with Gasteiger partial charge in [0, 0.05) is 37.2 Å². The average Bonchev–Trinajstić information content (AvgIpc) is 2.54. The Morgan fingerprint density at radius 3 is 2.57 bits per heavy atom. The van der Waals surface area contributed by atoms with Crippen molar-refractivity contribution in [3.63, 3.8) is 0 Å². The van der Waals surface area contributed by atoms with Gasteiger partial charge in [-0.25, -0.2) is 0 Å². The van der Waals surface area contributed by atoms with E-state index in [1.54, 1.807) is 0 Å². The molecule has 0 aromatic heterocycles. The van der Waals surface area contributed by atoms with Crippen LogP contribution in [0.25, 0.3) is 0 Å². The van der Waals surface area contributed by atoms with E-state index in [0.29, 0.717) is 31.3 Å². The first kappa shape index (κ1) is 15.0. The van der Waals surface area contributed by atoms with Crippen molar-refractivity contribution in [1.29, 1.82) is 0 Å². The van der Waals surface area contributed by atoms with E-state index in [1.807, 2.05) is 0 Å². The highest BCUT2D eigenvalue weighted by molar-refractivity contribution is 5.99. The molecule has 0 aromatic carbocycles. The van der Waals surface area contributed by atoms with Crippen molar-refractivity contribution in [1.82, 2.24) is 0 Å². The van der Waals surface area contributed by atoms with Gasteiger partial charge in [-0.2, -0.15) is 0 Å². The summed E-state index contributed by atoms with van der Waals surface area (Å²) in [6.45, 7) is 0. The SMILES string of the molecule is O=C1CCCC(O)=C1C1C2=C(CCCC2)OC2CCCC(=O)C21. The predicted octanol–water partition coefficient (Wildman–Crippen LogP) is 3.76. The third kappa shape index (κ3) is 2.43. The lowest BCUT2D eigenvalue weighted by atomic mass is 9.65. The van der Waals surface area contributed by atoms with Gasteiger partial charge in [0.1, 0.15) is 11.9 Å². The topological polar surface area (TPSA) is 63.6 Å². The summed E-state index contributed by atoms with van der Waals surface area (Å²) in [5.74, 6) is 1.00. The molecule has 1 saturated carbocycles. The Labute approximate surface area is 136 Å². The van der Waals surface area contributed by atoms with E-state index in [9.17, 15) is 14.7 Å². The smallest absolute Gasteiger partial charge is 0.162 e. The number of allylic oxidation sites excluding steroid dienone is 4. The molecule has 1 N–H and O–H groups in total. The summed E-state index contributed by atoms with van der Waals surface area (Å²) in [7, 11) is 0. The quantitative estimate of drug-likeness (QED) is 0.800. The average molecular weight is 316 g/mol. The standard InChI is InChI=1S/C19H24O4/c20-12-6-3-7-13(21)18(12)17-11-5-1-2-9-15(11)23-16-10-4-8-14(22)19(16)17/h16-17,19-20H,1-10H2. The Kier molecular flexibility index (Phi) is 3.78. The summed E-state index contributed by atoms with van der Waals surface area (Å²) in [5.41, 5.74) is 1.67. The highest BCUT2D eigenvalue weighted by atomic mass is 16.5. The molecule has 1 aliphatic heterocycles. The van der Waals surface area contributed by atoms with Crippen LogP contribution in [0.5, 0.6) is 0 Å². The molecular weight excluding hydrogens is 292 g/mol. The number of ether oxygens (including phenoxy) is 1. The van der Waals surface area contributed by atoms with Crippen LogP contribution in [-0.4, -0.2) is 22.8 Å². The zero-order valence-electron chi connectivity index (χ0n) is 13.5. The highest BCUT2D eigenvalue weighted by Crippen LogP contribution is 2.49. The molecule has 3 atom stereocenters. The van der Waals surface area contributed by atoms with Crippen molar-refractivity contribution in [3.05, 3.63) is 22.7 Å². The maximum absolute atomic E-state index is 12.7. The number of aliphatic hydroxyl groups excluding tert-OH is 1. The minimum absolute atomic E-state index is 0.0372. The lowest BCUT2D eigenvalue weighted by molar-refractivity contribution is -0.134. The van der Waals surface area contributed by atoms with Crippen LogP contribution in [0, 0.1) is 11.8 Å². The number of aliphatic hydroxyl groups is 1. The van der Waals surface area contributed by atoms with E-state index in [-0.39, 0.29) is 35.3 Å². The summed E-state index contributed by atoms with van der Waals surface area (Å²) >= 11 is 0. The minimum Gasteiger partial charge on any atom is -0.512 e. The molecule has 1 fully saturated rings. The molecule has 0 bridgehead atoms. The van der Waals surface area contributed by atoms with Crippen molar-refractivity contribution in [2.75, 3.05) is 0 Å².